The van der Waals surface area contributed by atoms with Crippen LogP contribution in [0.3, 0.4) is 0 Å². The zero-order chi connectivity index (χ0) is 21.7. The molecule has 0 N–H and O–H groups in total. The second-order valence-corrected chi connectivity index (χ2v) is 6.98. The molecule has 1 aliphatic rings. The number of hydrogen-bond acceptors (Lipinski definition) is 2. The number of halogens is 4. The maximum absolute atomic E-state index is 14.6. The summed E-state index contributed by atoms with van der Waals surface area (Å²) in [5, 5.41) is 0. The van der Waals surface area contributed by atoms with Crippen molar-refractivity contribution in [2.24, 2.45) is 0 Å². The first-order valence-corrected chi connectivity index (χ1v) is 10.1. The van der Waals surface area contributed by atoms with E-state index in [0.29, 0.717) is 17.8 Å². The molecule has 2 aromatic carbocycles. The van der Waals surface area contributed by atoms with Crippen molar-refractivity contribution in [1.29, 1.82) is 0 Å². The molecule has 3 rings (SSSR count). The predicted molar refractivity (Wildman–Crippen MR) is 109 cm³/mol. The monoisotopic (exact) mass is 420 g/mol. The van der Waals surface area contributed by atoms with Crippen LogP contribution in [0.15, 0.2) is 36.4 Å². The van der Waals surface area contributed by atoms with Crippen LogP contribution in [0.2, 0.25) is 0 Å². The first-order valence-electron chi connectivity index (χ1n) is 10.1. The summed E-state index contributed by atoms with van der Waals surface area (Å²) in [6, 6.07) is 5.77. The number of benzene rings is 2. The van der Waals surface area contributed by atoms with Crippen molar-refractivity contribution in [2.75, 3.05) is 13.2 Å². The lowest BCUT2D eigenvalue weighted by Gasteiger charge is -2.17. The van der Waals surface area contributed by atoms with Crippen LogP contribution >= 0.6 is 0 Å². The first kappa shape index (κ1) is 21.9. The highest BCUT2D eigenvalue weighted by Crippen LogP contribution is 2.36. The van der Waals surface area contributed by atoms with Gasteiger partial charge < -0.3 is 9.47 Å². The summed E-state index contributed by atoms with van der Waals surface area (Å²) < 4.78 is 67.9. The minimum Gasteiger partial charge on any atom is -0.491 e. The molecule has 2 aromatic rings. The average Bonchev–Trinajstić information content (AvgIpc) is 2.75. The van der Waals surface area contributed by atoms with Gasteiger partial charge in [0.25, 0.3) is 0 Å². The van der Waals surface area contributed by atoms with E-state index in [1.165, 1.54) is 24.3 Å². The molecule has 0 fully saturated rings. The fraction of sp³-hybridized carbons (Fsp3) is 0.333. The zero-order valence-electron chi connectivity index (χ0n) is 17.0. The SMILES string of the molecule is CCCCOc1ccc(C2=CCC(c3ccc(OCC)c(F)c3F)=CC2)c(F)c1F. The second kappa shape index (κ2) is 9.83. The van der Waals surface area contributed by atoms with Crippen LogP contribution < -0.4 is 9.47 Å². The number of unbranched alkanes of at least 4 members (excludes halogenated alkanes) is 1. The number of hydrogen-bond donors (Lipinski definition) is 0. The summed E-state index contributed by atoms with van der Waals surface area (Å²) in [4.78, 5) is 0. The van der Waals surface area contributed by atoms with Crippen molar-refractivity contribution in [1.82, 2.24) is 0 Å². The molecule has 30 heavy (non-hydrogen) atoms. The van der Waals surface area contributed by atoms with Crippen molar-refractivity contribution in [3.8, 4) is 11.5 Å². The third-order valence-corrected chi connectivity index (χ3v) is 4.98. The average molecular weight is 420 g/mol. The molecule has 0 radical (unpaired) electrons. The summed E-state index contributed by atoms with van der Waals surface area (Å²) in [6.45, 7) is 4.22. The maximum atomic E-state index is 14.6. The summed E-state index contributed by atoms with van der Waals surface area (Å²) >= 11 is 0. The van der Waals surface area contributed by atoms with E-state index in [-0.39, 0.29) is 42.1 Å². The van der Waals surface area contributed by atoms with Crippen LogP contribution in [0.5, 0.6) is 11.5 Å². The highest BCUT2D eigenvalue weighted by molar-refractivity contribution is 5.78. The summed E-state index contributed by atoms with van der Waals surface area (Å²) in [5.41, 5.74) is 1.45. The highest BCUT2D eigenvalue weighted by atomic mass is 19.2. The quantitative estimate of drug-likeness (QED) is 0.336. The Labute approximate surface area is 173 Å². The molecule has 0 heterocycles. The molecule has 6 heteroatoms. The molecular weight excluding hydrogens is 396 g/mol. The van der Waals surface area contributed by atoms with Crippen LogP contribution in [-0.4, -0.2) is 13.2 Å². The van der Waals surface area contributed by atoms with Gasteiger partial charge in [0.15, 0.2) is 23.1 Å². The van der Waals surface area contributed by atoms with Gasteiger partial charge in [-0.15, -0.1) is 0 Å². The summed E-state index contributed by atoms with van der Waals surface area (Å²) in [6.07, 6.45) is 5.60. The van der Waals surface area contributed by atoms with Crippen LogP contribution in [0.25, 0.3) is 11.1 Å². The van der Waals surface area contributed by atoms with Gasteiger partial charge in [0.05, 0.1) is 13.2 Å². The van der Waals surface area contributed by atoms with E-state index in [0.717, 1.165) is 12.8 Å². The Kier molecular flexibility index (Phi) is 7.19. The van der Waals surface area contributed by atoms with Crippen LogP contribution in [0.4, 0.5) is 17.6 Å². The number of rotatable bonds is 8. The molecule has 160 valence electrons. The largest absolute Gasteiger partial charge is 0.491 e. The number of allylic oxidation sites excluding steroid dienone is 4. The first-order chi connectivity index (χ1) is 14.5. The Hall–Kier alpha value is -2.76. The van der Waals surface area contributed by atoms with Crippen molar-refractivity contribution in [3.63, 3.8) is 0 Å². The topological polar surface area (TPSA) is 18.5 Å². The van der Waals surface area contributed by atoms with Crippen LogP contribution in [0.1, 0.15) is 50.7 Å². The van der Waals surface area contributed by atoms with Gasteiger partial charge in [0.2, 0.25) is 11.6 Å². The van der Waals surface area contributed by atoms with Crippen molar-refractivity contribution in [3.05, 3.63) is 70.8 Å². The number of ether oxygens (including phenoxy) is 2. The minimum atomic E-state index is -1.03. The normalized spacial score (nSPS) is 13.7. The standard InChI is InChI=1S/C24H24F4O2/c1-3-5-14-30-20-13-11-18(22(26)24(20)28)16-8-6-15(7-9-16)17-10-12-19(29-4-2)23(27)21(17)25/h6,9-13H,3-5,7-8,14H2,1-2H3. The van der Waals surface area contributed by atoms with E-state index in [9.17, 15) is 17.6 Å². The molecule has 0 bridgehead atoms. The molecule has 0 unspecified atom stereocenters. The van der Waals surface area contributed by atoms with Gasteiger partial charge in [0.1, 0.15) is 0 Å². The van der Waals surface area contributed by atoms with E-state index in [4.69, 9.17) is 9.47 Å². The van der Waals surface area contributed by atoms with Gasteiger partial charge in [-0.05, 0) is 61.6 Å². The lowest BCUT2D eigenvalue weighted by atomic mass is 9.90. The Morgan fingerprint density at radius 2 is 1.20 bits per heavy atom. The van der Waals surface area contributed by atoms with E-state index in [1.807, 2.05) is 6.92 Å². The lowest BCUT2D eigenvalue weighted by molar-refractivity contribution is 0.288. The van der Waals surface area contributed by atoms with E-state index in [1.54, 1.807) is 19.1 Å². The van der Waals surface area contributed by atoms with E-state index in [2.05, 4.69) is 0 Å². The highest BCUT2D eigenvalue weighted by Gasteiger charge is 2.21. The van der Waals surface area contributed by atoms with Gasteiger partial charge in [-0.1, -0.05) is 25.5 Å². The molecule has 0 amide bonds. The van der Waals surface area contributed by atoms with Gasteiger partial charge >= 0.3 is 0 Å². The third kappa shape index (κ3) is 4.53. The van der Waals surface area contributed by atoms with Gasteiger partial charge in [-0.25, -0.2) is 8.78 Å². The molecule has 0 aliphatic heterocycles. The van der Waals surface area contributed by atoms with Crippen LogP contribution in [-0.2, 0) is 0 Å². The molecule has 1 aliphatic carbocycles. The Morgan fingerprint density at radius 3 is 1.63 bits per heavy atom. The van der Waals surface area contributed by atoms with E-state index >= 15 is 0 Å². The predicted octanol–water partition coefficient (Wildman–Crippen LogP) is 7.08. The van der Waals surface area contributed by atoms with E-state index < -0.39 is 23.3 Å². The maximum Gasteiger partial charge on any atom is 0.201 e. The summed E-state index contributed by atoms with van der Waals surface area (Å²) in [7, 11) is 0. The minimum absolute atomic E-state index is 0.107. The van der Waals surface area contributed by atoms with Crippen molar-refractivity contribution < 1.29 is 27.0 Å². The van der Waals surface area contributed by atoms with Gasteiger partial charge in [0, 0.05) is 11.1 Å². The van der Waals surface area contributed by atoms with Crippen LogP contribution in [0, 0.1) is 23.3 Å². The fourth-order valence-corrected chi connectivity index (χ4v) is 3.34. The Morgan fingerprint density at radius 1 is 0.700 bits per heavy atom. The summed E-state index contributed by atoms with van der Waals surface area (Å²) in [5.74, 6) is -4.23. The lowest BCUT2D eigenvalue weighted by Crippen LogP contribution is -2.04. The fourth-order valence-electron chi connectivity index (χ4n) is 3.34. The zero-order valence-corrected chi connectivity index (χ0v) is 17.0. The van der Waals surface area contributed by atoms with Gasteiger partial charge in [-0.3, -0.25) is 0 Å². The van der Waals surface area contributed by atoms with Crippen molar-refractivity contribution in [2.45, 2.75) is 39.5 Å². The second-order valence-electron chi connectivity index (χ2n) is 6.98. The molecular formula is C24H24F4O2. The molecule has 0 saturated carbocycles. The molecule has 0 atom stereocenters. The Balaban J connectivity index is 1.78. The molecule has 0 aromatic heterocycles. The third-order valence-electron chi connectivity index (χ3n) is 4.98. The van der Waals surface area contributed by atoms with Crippen molar-refractivity contribution >= 4 is 11.1 Å². The van der Waals surface area contributed by atoms with Gasteiger partial charge in [-0.2, -0.15) is 8.78 Å². The molecule has 2 nitrogen and oxygen atoms in total. The molecule has 0 spiro atoms. The smallest absolute Gasteiger partial charge is 0.201 e. The molecule has 0 saturated heterocycles. The Bertz CT molecular complexity index is 980.